The highest BCUT2D eigenvalue weighted by molar-refractivity contribution is 5.74. The summed E-state index contributed by atoms with van der Waals surface area (Å²) in [5, 5.41) is 14.0. The summed E-state index contributed by atoms with van der Waals surface area (Å²) in [6.07, 6.45) is 1.14. The molecule has 0 spiro atoms. The van der Waals surface area contributed by atoms with Crippen LogP contribution in [0.4, 0.5) is 4.79 Å². The van der Waals surface area contributed by atoms with Gasteiger partial charge < -0.3 is 20.5 Å². The van der Waals surface area contributed by atoms with E-state index in [0.717, 1.165) is 5.56 Å². The maximum absolute atomic E-state index is 11.7. The number of urea groups is 1. The summed E-state index contributed by atoms with van der Waals surface area (Å²) in [5.74, 6) is -0.862. The van der Waals surface area contributed by atoms with Crippen LogP contribution in [0, 0.1) is 0 Å². The Morgan fingerprint density at radius 2 is 2.00 bits per heavy atom. The van der Waals surface area contributed by atoms with Gasteiger partial charge in [0, 0.05) is 20.1 Å². The van der Waals surface area contributed by atoms with Crippen molar-refractivity contribution in [3.63, 3.8) is 0 Å². The largest absolute Gasteiger partial charge is 0.481 e. The Balaban J connectivity index is 2.35. The third-order valence-electron chi connectivity index (χ3n) is 2.88. The Labute approximate surface area is 124 Å². The van der Waals surface area contributed by atoms with Crippen LogP contribution in [0.1, 0.15) is 18.4 Å². The van der Waals surface area contributed by atoms with Crippen LogP contribution in [0.3, 0.4) is 0 Å². The van der Waals surface area contributed by atoms with Crippen LogP contribution in [0.25, 0.3) is 0 Å². The second kappa shape index (κ2) is 9.77. The monoisotopic (exact) mass is 294 g/mol. The predicted octanol–water partition coefficient (Wildman–Crippen LogP) is 1.41. The molecule has 1 atom stereocenters. The third kappa shape index (κ3) is 7.94. The van der Waals surface area contributed by atoms with Crippen LogP contribution in [-0.2, 0) is 16.0 Å². The normalized spacial score (nSPS) is 11.7. The Morgan fingerprint density at radius 3 is 2.62 bits per heavy atom. The van der Waals surface area contributed by atoms with Crippen molar-refractivity contribution in [1.82, 2.24) is 10.6 Å². The molecule has 1 aromatic rings. The van der Waals surface area contributed by atoms with E-state index in [1.54, 1.807) is 7.11 Å². The van der Waals surface area contributed by atoms with E-state index in [-0.39, 0.29) is 18.5 Å². The molecule has 0 radical (unpaired) electrons. The van der Waals surface area contributed by atoms with Crippen molar-refractivity contribution < 1.29 is 19.4 Å². The molecule has 1 unspecified atom stereocenters. The fourth-order valence-corrected chi connectivity index (χ4v) is 1.93. The number of rotatable bonds is 9. The molecule has 3 N–H and O–H groups in total. The quantitative estimate of drug-likeness (QED) is 0.601. The zero-order valence-corrected chi connectivity index (χ0v) is 12.2. The predicted molar refractivity (Wildman–Crippen MR) is 79.2 cm³/mol. The lowest BCUT2D eigenvalue weighted by atomic mass is 10.1. The zero-order valence-electron chi connectivity index (χ0n) is 12.2. The first kappa shape index (κ1) is 17.0. The first-order valence-electron chi connectivity index (χ1n) is 6.91. The molecular weight excluding hydrogens is 272 g/mol. The van der Waals surface area contributed by atoms with Crippen LogP contribution in [0.5, 0.6) is 0 Å². The standard InChI is InChI=1S/C15H22N2O4/c1-21-11-13(10-12-6-3-2-4-7-12)17-15(20)16-9-5-8-14(18)19/h2-4,6-7,13H,5,8-11H2,1H3,(H,18,19)(H2,16,17,20). The molecule has 21 heavy (non-hydrogen) atoms. The average Bonchev–Trinajstić information content (AvgIpc) is 2.45. The second-order valence-corrected chi connectivity index (χ2v) is 4.74. The molecule has 0 saturated carbocycles. The number of ether oxygens (including phenoxy) is 1. The van der Waals surface area contributed by atoms with Gasteiger partial charge in [-0.25, -0.2) is 4.79 Å². The molecular formula is C15H22N2O4. The number of benzene rings is 1. The Kier molecular flexibility index (Phi) is 7.89. The minimum atomic E-state index is -0.862. The topological polar surface area (TPSA) is 87.7 Å². The third-order valence-corrected chi connectivity index (χ3v) is 2.88. The van der Waals surface area contributed by atoms with Gasteiger partial charge >= 0.3 is 12.0 Å². The molecule has 0 bridgehead atoms. The lowest BCUT2D eigenvalue weighted by Gasteiger charge is -2.18. The summed E-state index contributed by atoms with van der Waals surface area (Å²) >= 11 is 0. The van der Waals surface area contributed by atoms with Gasteiger partial charge in [-0.05, 0) is 18.4 Å². The number of nitrogens with one attached hydrogen (secondary N) is 2. The minimum Gasteiger partial charge on any atom is -0.481 e. The number of carboxylic acids is 1. The lowest BCUT2D eigenvalue weighted by molar-refractivity contribution is -0.137. The van der Waals surface area contributed by atoms with Crippen LogP contribution < -0.4 is 10.6 Å². The van der Waals surface area contributed by atoms with Gasteiger partial charge in [0.2, 0.25) is 0 Å². The highest BCUT2D eigenvalue weighted by Gasteiger charge is 2.12. The van der Waals surface area contributed by atoms with E-state index in [0.29, 0.717) is 26.0 Å². The molecule has 2 amide bonds. The van der Waals surface area contributed by atoms with Crippen LogP contribution >= 0.6 is 0 Å². The highest BCUT2D eigenvalue weighted by Crippen LogP contribution is 2.03. The van der Waals surface area contributed by atoms with Crippen molar-refractivity contribution in [2.75, 3.05) is 20.3 Å². The first-order valence-corrected chi connectivity index (χ1v) is 6.91. The van der Waals surface area contributed by atoms with Gasteiger partial charge in [0.15, 0.2) is 0 Å². The molecule has 0 aromatic heterocycles. The molecule has 116 valence electrons. The van der Waals surface area contributed by atoms with Crippen LogP contribution in [-0.4, -0.2) is 43.4 Å². The molecule has 0 aliphatic rings. The summed E-state index contributed by atoms with van der Waals surface area (Å²) in [5.41, 5.74) is 1.12. The number of hydrogen-bond donors (Lipinski definition) is 3. The summed E-state index contributed by atoms with van der Waals surface area (Å²) in [6.45, 7) is 0.751. The van der Waals surface area contributed by atoms with Gasteiger partial charge in [-0.15, -0.1) is 0 Å². The molecule has 0 fully saturated rings. The van der Waals surface area contributed by atoms with Gasteiger partial charge in [-0.3, -0.25) is 4.79 Å². The summed E-state index contributed by atoms with van der Waals surface area (Å²) < 4.78 is 5.11. The molecule has 0 saturated heterocycles. The molecule has 1 aromatic carbocycles. The molecule has 0 heterocycles. The lowest BCUT2D eigenvalue weighted by Crippen LogP contribution is -2.45. The van der Waals surface area contributed by atoms with E-state index in [4.69, 9.17) is 9.84 Å². The number of aliphatic carboxylic acids is 1. The van der Waals surface area contributed by atoms with Crippen LogP contribution in [0.2, 0.25) is 0 Å². The number of carbonyl (C=O) groups excluding carboxylic acids is 1. The van der Waals surface area contributed by atoms with Gasteiger partial charge in [-0.1, -0.05) is 30.3 Å². The smallest absolute Gasteiger partial charge is 0.315 e. The average molecular weight is 294 g/mol. The zero-order chi connectivity index (χ0) is 15.5. The van der Waals surface area contributed by atoms with Crippen molar-refractivity contribution in [3.8, 4) is 0 Å². The summed E-state index contributed by atoms with van der Waals surface area (Å²) in [7, 11) is 1.59. The number of hydrogen-bond acceptors (Lipinski definition) is 3. The van der Waals surface area contributed by atoms with Crippen molar-refractivity contribution in [2.24, 2.45) is 0 Å². The molecule has 0 aliphatic carbocycles. The van der Waals surface area contributed by atoms with Crippen LogP contribution in [0.15, 0.2) is 30.3 Å². The van der Waals surface area contributed by atoms with E-state index in [9.17, 15) is 9.59 Å². The molecule has 6 nitrogen and oxygen atoms in total. The van der Waals surface area contributed by atoms with E-state index >= 15 is 0 Å². The fraction of sp³-hybridized carbons (Fsp3) is 0.467. The summed E-state index contributed by atoms with van der Waals surface area (Å²) in [4.78, 5) is 22.1. The number of amides is 2. The van der Waals surface area contributed by atoms with Gasteiger partial charge in [0.25, 0.3) is 0 Å². The van der Waals surface area contributed by atoms with Crippen molar-refractivity contribution in [3.05, 3.63) is 35.9 Å². The van der Waals surface area contributed by atoms with E-state index < -0.39 is 5.97 Å². The van der Waals surface area contributed by atoms with E-state index in [1.165, 1.54) is 0 Å². The first-order chi connectivity index (χ1) is 10.1. The SMILES string of the molecule is COCC(Cc1ccccc1)NC(=O)NCCCC(=O)O. The maximum Gasteiger partial charge on any atom is 0.315 e. The number of carboxylic acid groups (broad SMARTS) is 1. The molecule has 1 rings (SSSR count). The van der Waals surface area contributed by atoms with Gasteiger partial charge in [0.1, 0.15) is 0 Å². The van der Waals surface area contributed by atoms with E-state index in [1.807, 2.05) is 30.3 Å². The van der Waals surface area contributed by atoms with Crippen molar-refractivity contribution in [2.45, 2.75) is 25.3 Å². The molecule has 6 heteroatoms. The van der Waals surface area contributed by atoms with Crippen molar-refractivity contribution >= 4 is 12.0 Å². The maximum atomic E-state index is 11.7. The fourth-order valence-electron chi connectivity index (χ4n) is 1.93. The second-order valence-electron chi connectivity index (χ2n) is 4.74. The Bertz CT molecular complexity index is 437. The van der Waals surface area contributed by atoms with E-state index in [2.05, 4.69) is 10.6 Å². The molecule has 0 aliphatic heterocycles. The summed E-state index contributed by atoms with van der Waals surface area (Å²) in [6, 6.07) is 9.40. The van der Waals surface area contributed by atoms with Gasteiger partial charge in [-0.2, -0.15) is 0 Å². The minimum absolute atomic E-state index is 0.0474. The number of methoxy groups -OCH3 is 1. The van der Waals surface area contributed by atoms with Crippen molar-refractivity contribution in [1.29, 1.82) is 0 Å². The number of carbonyl (C=O) groups is 2. The Hall–Kier alpha value is -2.08. The Morgan fingerprint density at radius 1 is 1.29 bits per heavy atom. The van der Waals surface area contributed by atoms with Gasteiger partial charge in [0.05, 0.1) is 12.6 Å². The highest BCUT2D eigenvalue weighted by atomic mass is 16.5.